The van der Waals surface area contributed by atoms with Crippen LogP contribution in [0.4, 0.5) is 0 Å². The summed E-state index contributed by atoms with van der Waals surface area (Å²) in [5, 5.41) is 0. The third kappa shape index (κ3) is 3.62. The highest BCUT2D eigenvalue weighted by atomic mass is 16.5. The number of benzene rings is 4. The van der Waals surface area contributed by atoms with Crippen LogP contribution < -0.4 is 0 Å². The van der Waals surface area contributed by atoms with Gasteiger partial charge in [-0.15, -0.1) is 0 Å². The molecule has 4 rings (SSSR count). The van der Waals surface area contributed by atoms with Crippen molar-refractivity contribution in [1.29, 1.82) is 0 Å². The summed E-state index contributed by atoms with van der Waals surface area (Å²) in [4.78, 5) is 0. The lowest BCUT2D eigenvalue weighted by Crippen LogP contribution is -2.32. The Bertz CT molecular complexity index is 894. The Labute approximate surface area is 167 Å². The van der Waals surface area contributed by atoms with Crippen LogP contribution in [-0.4, -0.2) is 0 Å². The Morgan fingerprint density at radius 2 is 0.929 bits per heavy atom. The largest absolute Gasteiger partial charge is 0.356 e. The van der Waals surface area contributed by atoms with Crippen LogP contribution in [0.15, 0.2) is 115 Å². The second-order valence-electron chi connectivity index (χ2n) is 7.05. The molecule has 0 aromatic heterocycles. The van der Waals surface area contributed by atoms with Crippen LogP contribution in [0, 0.1) is 6.92 Å². The van der Waals surface area contributed by atoms with E-state index in [9.17, 15) is 0 Å². The molecule has 0 fully saturated rings. The lowest BCUT2D eigenvalue weighted by molar-refractivity contribution is 0.000240. The maximum atomic E-state index is 6.81. The zero-order chi connectivity index (χ0) is 19.2. The van der Waals surface area contributed by atoms with Crippen molar-refractivity contribution in [1.82, 2.24) is 0 Å². The zero-order valence-electron chi connectivity index (χ0n) is 16.1. The Kier molecular flexibility index (Phi) is 5.36. The van der Waals surface area contributed by atoms with Crippen molar-refractivity contribution in [2.75, 3.05) is 0 Å². The molecule has 4 aromatic rings. The third-order valence-electron chi connectivity index (χ3n) is 5.12. The molecule has 28 heavy (non-hydrogen) atoms. The normalized spacial score (nSPS) is 11.3. The number of ether oxygens (including phenoxy) is 1. The van der Waals surface area contributed by atoms with Crippen LogP contribution in [0.5, 0.6) is 0 Å². The summed E-state index contributed by atoms with van der Waals surface area (Å²) < 4.78 is 6.81. The van der Waals surface area contributed by atoms with Gasteiger partial charge in [-0.3, -0.25) is 0 Å². The second-order valence-corrected chi connectivity index (χ2v) is 7.05. The Hall–Kier alpha value is -3.16. The maximum absolute atomic E-state index is 6.81. The van der Waals surface area contributed by atoms with E-state index in [2.05, 4.69) is 104 Å². The fourth-order valence-electron chi connectivity index (χ4n) is 3.64. The van der Waals surface area contributed by atoms with E-state index in [4.69, 9.17) is 4.74 Å². The molecule has 0 saturated carbocycles. The smallest absolute Gasteiger partial charge is 0.144 e. The molecule has 0 heterocycles. The van der Waals surface area contributed by atoms with Crippen molar-refractivity contribution in [2.45, 2.75) is 19.1 Å². The molecule has 0 atom stereocenters. The van der Waals surface area contributed by atoms with Gasteiger partial charge in [0.05, 0.1) is 6.61 Å². The molecular weight excluding hydrogens is 340 g/mol. The Balaban J connectivity index is 1.86. The molecule has 0 amide bonds. The summed E-state index contributed by atoms with van der Waals surface area (Å²) in [6.07, 6.45) is 0. The molecule has 4 aromatic carbocycles. The van der Waals surface area contributed by atoms with Crippen molar-refractivity contribution >= 4 is 0 Å². The minimum atomic E-state index is -0.672. The molecular formula is C27H24O. The van der Waals surface area contributed by atoms with E-state index in [0.717, 1.165) is 22.3 Å². The van der Waals surface area contributed by atoms with Crippen molar-refractivity contribution in [3.05, 3.63) is 143 Å². The van der Waals surface area contributed by atoms with E-state index in [1.165, 1.54) is 5.56 Å². The zero-order valence-corrected chi connectivity index (χ0v) is 16.1. The van der Waals surface area contributed by atoms with Gasteiger partial charge in [0.15, 0.2) is 0 Å². The first-order valence-electron chi connectivity index (χ1n) is 9.65. The van der Waals surface area contributed by atoms with Crippen molar-refractivity contribution in [2.24, 2.45) is 0 Å². The summed E-state index contributed by atoms with van der Waals surface area (Å²) in [5.41, 5.74) is 5.12. The van der Waals surface area contributed by atoms with E-state index in [1.54, 1.807) is 0 Å². The predicted octanol–water partition coefficient (Wildman–Crippen LogP) is 6.50. The topological polar surface area (TPSA) is 9.23 Å². The quantitative estimate of drug-likeness (QED) is 0.355. The van der Waals surface area contributed by atoms with Gasteiger partial charge >= 0.3 is 0 Å². The summed E-state index contributed by atoms with van der Waals surface area (Å²) >= 11 is 0. The predicted molar refractivity (Wildman–Crippen MR) is 115 cm³/mol. The summed E-state index contributed by atoms with van der Waals surface area (Å²) in [7, 11) is 0. The molecule has 0 bridgehead atoms. The van der Waals surface area contributed by atoms with Crippen molar-refractivity contribution in [3.63, 3.8) is 0 Å². The minimum absolute atomic E-state index is 0.527. The van der Waals surface area contributed by atoms with E-state index in [1.807, 2.05) is 18.2 Å². The van der Waals surface area contributed by atoms with Gasteiger partial charge in [0, 0.05) is 0 Å². The second kappa shape index (κ2) is 8.24. The van der Waals surface area contributed by atoms with E-state index in [0.29, 0.717) is 6.61 Å². The summed E-state index contributed by atoms with van der Waals surface area (Å²) in [6.45, 7) is 2.63. The average Bonchev–Trinajstić information content (AvgIpc) is 2.78. The summed E-state index contributed by atoms with van der Waals surface area (Å²) in [6, 6.07) is 40.0. The SMILES string of the molecule is Cc1ccc(COC(c2ccccc2)(c2ccccc2)c2ccccc2)cc1. The van der Waals surface area contributed by atoms with Crippen molar-refractivity contribution in [3.8, 4) is 0 Å². The fraction of sp³-hybridized carbons (Fsp3) is 0.111. The molecule has 0 N–H and O–H groups in total. The van der Waals surface area contributed by atoms with Gasteiger partial charge in [-0.05, 0) is 29.2 Å². The van der Waals surface area contributed by atoms with Gasteiger partial charge < -0.3 is 4.74 Å². The van der Waals surface area contributed by atoms with Gasteiger partial charge in [-0.2, -0.15) is 0 Å². The molecule has 1 heteroatoms. The molecule has 0 radical (unpaired) electrons. The van der Waals surface area contributed by atoms with Crippen LogP contribution in [0.3, 0.4) is 0 Å². The van der Waals surface area contributed by atoms with Gasteiger partial charge in [0.25, 0.3) is 0 Å². The molecule has 1 nitrogen and oxygen atoms in total. The van der Waals surface area contributed by atoms with Gasteiger partial charge in [-0.25, -0.2) is 0 Å². The molecule has 0 aliphatic carbocycles. The van der Waals surface area contributed by atoms with E-state index >= 15 is 0 Å². The minimum Gasteiger partial charge on any atom is -0.356 e. The number of rotatable bonds is 6. The van der Waals surface area contributed by atoms with Crippen LogP contribution in [0.2, 0.25) is 0 Å². The third-order valence-corrected chi connectivity index (χ3v) is 5.12. The van der Waals surface area contributed by atoms with Crippen LogP contribution in [-0.2, 0) is 16.9 Å². The number of hydrogen-bond acceptors (Lipinski definition) is 1. The average molecular weight is 364 g/mol. The van der Waals surface area contributed by atoms with Crippen LogP contribution in [0.25, 0.3) is 0 Å². The van der Waals surface area contributed by atoms with Crippen LogP contribution >= 0.6 is 0 Å². The Morgan fingerprint density at radius 1 is 0.536 bits per heavy atom. The number of hydrogen-bond donors (Lipinski definition) is 0. The summed E-state index contributed by atoms with van der Waals surface area (Å²) in [5.74, 6) is 0. The standard InChI is InChI=1S/C27H24O/c1-22-17-19-23(20-18-22)21-28-27(24-11-5-2-6-12-24,25-13-7-3-8-14-25)26-15-9-4-10-16-26/h2-20H,21H2,1H3. The van der Waals surface area contributed by atoms with Gasteiger partial charge in [-0.1, -0.05) is 121 Å². The lowest BCUT2D eigenvalue weighted by atomic mass is 9.80. The first-order valence-corrected chi connectivity index (χ1v) is 9.65. The van der Waals surface area contributed by atoms with Crippen molar-refractivity contribution < 1.29 is 4.74 Å². The van der Waals surface area contributed by atoms with E-state index in [-0.39, 0.29) is 0 Å². The number of aryl methyl sites for hydroxylation is 1. The van der Waals surface area contributed by atoms with E-state index < -0.39 is 5.60 Å². The first-order chi connectivity index (χ1) is 13.8. The van der Waals surface area contributed by atoms with Gasteiger partial charge in [0.2, 0.25) is 0 Å². The highest BCUT2D eigenvalue weighted by Crippen LogP contribution is 2.41. The molecule has 0 aliphatic rings. The maximum Gasteiger partial charge on any atom is 0.144 e. The fourth-order valence-corrected chi connectivity index (χ4v) is 3.64. The lowest BCUT2D eigenvalue weighted by Gasteiger charge is -2.36. The Morgan fingerprint density at radius 3 is 1.32 bits per heavy atom. The molecule has 0 saturated heterocycles. The monoisotopic (exact) mass is 364 g/mol. The molecule has 0 aliphatic heterocycles. The molecule has 0 spiro atoms. The van der Waals surface area contributed by atoms with Gasteiger partial charge in [0.1, 0.15) is 5.60 Å². The van der Waals surface area contributed by atoms with Crippen LogP contribution in [0.1, 0.15) is 27.8 Å². The molecule has 138 valence electrons. The highest BCUT2D eigenvalue weighted by Gasteiger charge is 2.37. The molecule has 0 unspecified atom stereocenters. The highest BCUT2D eigenvalue weighted by molar-refractivity contribution is 5.47. The first kappa shape index (κ1) is 18.2.